The number of ether oxygens (including phenoxy) is 2. The SMILES string of the molecule is CN1CC(O)CC2(CCN(Cc3ccc4c(c3)OC(F)(F)O4)CC2)C1=O. The van der Waals surface area contributed by atoms with Gasteiger partial charge in [0.05, 0.1) is 11.5 Å². The summed E-state index contributed by atoms with van der Waals surface area (Å²) >= 11 is 0. The molecule has 0 aliphatic carbocycles. The minimum Gasteiger partial charge on any atom is -0.395 e. The van der Waals surface area contributed by atoms with Gasteiger partial charge in [-0.1, -0.05) is 6.07 Å². The fraction of sp³-hybridized carbons (Fsp3) is 0.611. The molecule has 1 amide bonds. The molecule has 4 rings (SSSR count). The Morgan fingerprint density at radius 3 is 2.65 bits per heavy atom. The Bertz CT molecular complexity index is 719. The zero-order valence-electron chi connectivity index (χ0n) is 14.6. The van der Waals surface area contributed by atoms with E-state index in [1.165, 1.54) is 6.07 Å². The van der Waals surface area contributed by atoms with Crippen LogP contribution in [0, 0.1) is 5.41 Å². The van der Waals surface area contributed by atoms with E-state index in [1.807, 2.05) is 0 Å². The van der Waals surface area contributed by atoms with Crippen molar-refractivity contribution in [3.63, 3.8) is 0 Å². The van der Waals surface area contributed by atoms with Gasteiger partial charge in [-0.2, -0.15) is 0 Å². The molecule has 1 aromatic carbocycles. The summed E-state index contributed by atoms with van der Waals surface area (Å²) in [7, 11) is 1.74. The number of likely N-dealkylation sites (N-methyl/N-ethyl adjacent to an activating group) is 1. The number of aliphatic hydroxyl groups excluding tert-OH is 1. The molecule has 0 bridgehead atoms. The Labute approximate surface area is 150 Å². The highest BCUT2D eigenvalue weighted by atomic mass is 19.3. The quantitative estimate of drug-likeness (QED) is 0.863. The maximum atomic E-state index is 13.1. The van der Waals surface area contributed by atoms with E-state index in [4.69, 9.17) is 0 Å². The Balaban J connectivity index is 1.40. The van der Waals surface area contributed by atoms with Crippen LogP contribution < -0.4 is 9.47 Å². The molecule has 142 valence electrons. The van der Waals surface area contributed by atoms with Gasteiger partial charge in [0.25, 0.3) is 0 Å². The number of hydrogen-bond donors (Lipinski definition) is 1. The maximum Gasteiger partial charge on any atom is 0.586 e. The fourth-order valence-electron chi connectivity index (χ4n) is 4.31. The molecular weight excluding hydrogens is 346 g/mol. The summed E-state index contributed by atoms with van der Waals surface area (Å²) in [6, 6.07) is 4.81. The average molecular weight is 368 g/mol. The Morgan fingerprint density at radius 2 is 1.92 bits per heavy atom. The lowest BCUT2D eigenvalue weighted by Gasteiger charge is -2.47. The molecule has 2 fully saturated rings. The van der Waals surface area contributed by atoms with Crippen molar-refractivity contribution in [2.45, 2.75) is 38.2 Å². The summed E-state index contributed by atoms with van der Waals surface area (Å²) in [5, 5.41) is 10.1. The predicted octanol–water partition coefficient (Wildman–Crippen LogP) is 1.81. The van der Waals surface area contributed by atoms with Crippen molar-refractivity contribution in [2.75, 3.05) is 26.7 Å². The molecule has 3 aliphatic heterocycles. The lowest BCUT2D eigenvalue weighted by atomic mass is 9.71. The number of benzene rings is 1. The van der Waals surface area contributed by atoms with Crippen LogP contribution in [0.3, 0.4) is 0 Å². The minimum absolute atomic E-state index is 0.0428. The van der Waals surface area contributed by atoms with E-state index in [0.29, 0.717) is 32.4 Å². The van der Waals surface area contributed by atoms with Gasteiger partial charge in [-0.05, 0) is 50.0 Å². The zero-order chi connectivity index (χ0) is 18.5. The van der Waals surface area contributed by atoms with Crippen LogP contribution in [0.2, 0.25) is 0 Å². The largest absolute Gasteiger partial charge is 0.586 e. The monoisotopic (exact) mass is 368 g/mol. The standard InChI is InChI=1S/C18H22F2N2O4/c1-21-11-13(23)9-17(16(21)24)4-6-22(7-5-17)10-12-2-3-14-15(8-12)26-18(19,20)25-14/h2-3,8,13,23H,4-7,9-11H2,1H3. The van der Waals surface area contributed by atoms with Crippen molar-refractivity contribution in [1.29, 1.82) is 0 Å². The molecule has 26 heavy (non-hydrogen) atoms. The Morgan fingerprint density at radius 1 is 1.23 bits per heavy atom. The first-order chi connectivity index (χ1) is 12.3. The molecule has 3 heterocycles. The van der Waals surface area contributed by atoms with E-state index in [1.54, 1.807) is 24.1 Å². The van der Waals surface area contributed by atoms with Crippen LogP contribution in [-0.4, -0.2) is 59.9 Å². The summed E-state index contributed by atoms with van der Waals surface area (Å²) < 4.78 is 35.1. The average Bonchev–Trinajstić information content (AvgIpc) is 2.88. The van der Waals surface area contributed by atoms with Crippen LogP contribution in [0.4, 0.5) is 8.78 Å². The molecule has 1 spiro atoms. The highest BCUT2D eigenvalue weighted by molar-refractivity contribution is 5.83. The molecule has 1 aromatic rings. The second-order valence-electron chi connectivity index (χ2n) is 7.55. The number of carbonyl (C=O) groups excluding carboxylic acids is 1. The van der Waals surface area contributed by atoms with E-state index in [-0.39, 0.29) is 17.4 Å². The van der Waals surface area contributed by atoms with Crippen LogP contribution in [0.1, 0.15) is 24.8 Å². The van der Waals surface area contributed by atoms with E-state index in [0.717, 1.165) is 18.7 Å². The van der Waals surface area contributed by atoms with Crippen LogP contribution in [-0.2, 0) is 11.3 Å². The van der Waals surface area contributed by atoms with Crippen LogP contribution >= 0.6 is 0 Å². The molecule has 0 radical (unpaired) electrons. The normalized spacial score (nSPS) is 27.2. The number of amides is 1. The number of rotatable bonds is 2. The number of hydrogen-bond acceptors (Lipinski definition) is 5. The Kier molecular flexibility index (Phi) is 4.07. The molecule has 0 aromatic heterocycles. The third-order valence-electron chi connectivity index (χ3n) is 5.60. The molecular formula is C18H22F2N2O4. The highest BCUT2D eigenvalue weighted by Crippen LogP contribution is 2.43. The number of fused-ring (bicyclic) bond motifs is 1. The van der Waals surface area contributed by atoms with Gasteiger partial charge in [-0.15, -0.1) is 8.78 Å². The number of halogens is 2. The van der Waals surface area contributed by atoms with E-state index in [9.17, 15) is 18.7 Å². The number of carbonyl (C=O) groups is 1. The summed E-state index contributed by atoms with van der Waals surface area (Å²) in [6.45, 7) is 2.42. The molecule has 1 unspecified atom stereocenters. The lowest BCUT2D eigenvalue weighted by molar-refractivity contribution is -0.286. The van der Waals surface area contributed by atoms with Gasteiger partial charge in [0.2, 0.25) is 5.91 Å². The minimum atomic E-state index is -3.60. The molecule has 0 saturated carbocycles. The molecule has 1 N–H and O–H groups in total. The van der Waals surface area contributed by atoms with Crippen LogP contribution in [0.5, 0.6) is 11.5 Å². The van der Waals surface area contributed by atoms with Gasteiger partial charge in [-0.25, -0.2) is 0 Å². The zero-order valence-corrected chi connectivity index (χ0v) is 14.6. The van der Waals surface area contributed by atoms with Crippen molar-refractivity contribution >= 4 is 5.91 Å². The number of alkyl halides is 2. The van der Waals surface area contributed by atoms with Gasteiger partial charge in [0.1, 0.15) is 0 Å². The fourth-order valence-corrected chi connectivity index (χ4v) is 4.31. The van der Waals surface area contributed by atoms with Crippen LogP contribution in [0.25, 0.3) is 0 Å². The smallest absolute Gasteiger partial charge is 0.395 e. The second-order valence-corrected chi connectivity index (χ2v) is 7.55. The van der Waals surface area contributed by atoms with E-state index >= 15 is 0 Å². The highest BCUT2D eigenvalue weighted by Gasteiger charge is 2.47. The van der Waals surface area contributed by atoms with Crippen molar-refractivity contribution in [3.05, 3.63) is 23.8 Å². The number of nitrogens with zero attached hydrogens (tertiary/aromatic N) is 2. The number of likely N-dealkylation sites (tertiary alicyclic amines) is 2. The molecule has 2 saturated heterocycles. The third kappa shape index (κ3) is 3.12. The summed E-state index contributed by atoms with van der Waals surface area (Å²) in [6.07, 6.45) is -2.18. The molecule has 3 aliphatic rings. The van der Waals surface area contributed by atoms with Gasteiger partial charge in [0, 0.05) is 20.1 Å². The lowest BCUT2D eigenvalue weighted by Crippen LogP contribution is -2.56. The second kappa shape index (κ2) is 6.06. The first-order valence-electron chi connectivity index (χ1n) is 8.81. The van der Waals surface area contributed by atoms with Gasteiger partial charge in [0.15, 0.2) is 11.5 Å². The van der Waals surface area contributed by atoms with Gasteiger partial charge < -0.3 is 19.5 Å². The van der Waals surface area contributed by atoms with E-state index in [2.05, 4.69) is 14.4 Å². The molecule has 6 nitrogen and oxygen atoms in total. The van der Waals surface area contributed by atoms with Crippen LogP contribution in [0.15, 0.2) is 18.2 Å². The summed E-state index contributed by atoms with van der Waals surface area (Å²) in [4.78, 5) is 16.4. The van der Waals surface area contributed by atoms with E-state index < -0.39 is 17.8 Å². The van der Waals surface area contributed by atoms with Crippen molar-refractivity contribution in [1.82, 2.24) is 9.80 Å². The van der Waals surface area contributed by atoms with Crippen molar-refractivity contribution < 1.29 is 28.2 Å². The molecule has 1 atom stereocenters. The molecule has 8 heteroatoms. The van der Waals surface area contributed by atoms with Gasteiger partial charge in [-0.3, -0.25) is 9.69 Å². The Hall–Kier alpha value is -1.93. The summed E-state index contributed by atoms with van der Waals surface area (Å²) in [5.74, 6) is 0.210. The predicted molar refractivity (Wildman–Crippen MR) is 87.8 cm³/mol. The number of β-amino-alcohol motifs (C(OH)–C–C–N with tert-alkyl or cyclic N) is 1. The number of piperidine rings is 2. The maximum absolute atomic E-state index is 13.1. The first-order valence-corrected chi connectivity index (χ1v) is 8.81. The van der Waals surface area contributed by atoms with Crippen molar-refractivity contribution in [2.24, 2.45) is 5.41 Å². The first kappa shape index (κ1) is 17.5. The van der Waals surface area contributed by atoms with Crippen molar-refractivity contribution in [3.8, 4) is 11.5 Å². The summed E-state index contributed by atoms with van der Waals surface area (Å²) in [5.41, 5.74) is 0.382. The topological polar surface area (TPSA) is 62.2 Å². The third-order valence-corrected chi connectivity index (χ3v) is 5.60. The van der Waals surface area contributed by atoms with Gasteiger partial charge >= 0.3 is 6.29 Å². The number of aliphatic hydroxyl groups is 1.